The van der Waals surface area contributed by atoms with E-state index < -0.39 is 0 Å². The van der Waals surface area contributed by atoms with Gasteiger partial charge in [-0.2, -0.15) is 0 Å². The zero-order valence-electron chi connectivity index (χ0n) is 13.7. The number of nitrogens with one attached hydrogen (secondary N) is 1. The predicted octanol–water partition coefficient (Wildman–Crippen LogP) is 5.53. The molecule has 1 heterocycles. The van der Waals surface area contributed by atoms with Crippen LogP contribution in [0.5, 0.6) is 5.75 Å². The van der Waals surface area contributed by atoms with Gasteiger partial charge in [-0.25, -0.2) is 4.79 Å². The van der Waals surface area contributed by atoms with Gasteiger partial charge in [0.25, 0.3) is 0 Å². The normalized spacial score (nSPS) is 10.5. The third kappa shape index (κ3) is 4.71. The van der Waals surface area contributed by atoms with Crippen LogP contribution in [0.25, 0.3) is 0 Å². The maximum atomic E-state index is 12.8. The summed E-state index contributed by atoms with van der Waals surface area (Å²) in [5.41, 5.74) is 1.29. The number of carbonyl (C=O) groups excluding carboxylic acids is 1. The van der Waals surface area contributed by atoms with Crippen molar-refractivity contribution < 1.29 is 14.3 Å². The Bertz CT molecular complexity index is 880. The molecule has 2 aromatic carbocycles. The van der Waals surface area contributed by atoms with E-state index in [4.69, 9.17) is 27.6 Å². The molecule has 0 bridgehead atoms. The van der Waals surface area contributed by atoms with Crippen LogP contribution in [0.4, 0.5) is 10.5 Å². The number of phenols is 1. The second-order valence-corrected chi connectivity index (χ2v) is 6.50. The number of halogens is 2. The monoisotopic (exact) mass is 390 g/mol. The second-order valence-electron chi connectivity index (χ2n) is 5.66. The Morgan fingerprint density at radius 1 is 1.08 bits per heavy atom. The van der Waals surface area contributed by atoms with E-state index in [9.17, 15) is 9.90 Å². The zero-order chi connectivity index (χ0) is 18.5. The molecule has 0 spiro atoms. The van der Waals surface area contributed by atoms with Gasteiger partial charge >= 0.3 is 6.03 Å². The maximum Gasteiger partial charge on any atom is 0.322 e. The van der Waals surface area contributed by atoms with Crippen LogP contribution in [0.15, 0.2) is 65.3 Å². The lowest BCUT2D eigenvalue weighted by molar-refractivity contribution is 0.201. The van der Waals surface area contributed by atoms with Gasteiger partial charge in [-0.3, -0.25) is 0 Å². The molecule has 0 radical (unpaired) electrons. The molecule has 0 saturated carbocycles. The summed E-state index contributed by atoms with van der Waals surface area (Å²) in [6.45, 7) is 0.600. The van der Waals surface area contributed by atoms with Crippen LogP contribution in [-0.2, 0) is 13.1 Å². The minimum atomic E-state index is -0.348. The average Bonchev–Trinajstić information content (AvgIpc) is 3.12. The highest BCUT2D eigenvalue weighted by molar-refractivity contribution is 6.35. The lowest BCUT2D eigenvalue weighted by atomic mass is 10.2. The highest BCUT2D eigenvalue weighted by Gasteiger charge is 2.17. The summed E-state index contributed by atoms with van der Waals surface area (Å²) >= 11 is 12.1. The van der Waals surface area contributed by atoms with Crippen LogP contribution in [-0.4, -0.2) is 16.0 Å². The Morgan fingerprint density at radius 3 is 2.54 bits per heavy atom. The van der Waals surface area contributed by atoms with Crippen LogP contribution in [0.1, 0.15) is 11.3 Å². The first-order valence-electron chi connectivity index (χ1n) is 7.82. The first-order valence-corrected chi connectivity index (χ1v) is 8.58. The fourth-order valence-corrected chi connectivity index (χ4v) is 2.74. The predicted molar refractivity (Wildman–Crippen MR) is 102 cm³/mol. The molecular weight excluding hydrogens is 375 g/mol. The molecule has 0 fully saturated rings. The smallest absolute Gasteiger partial charge is 0.322 e. The fraction of sp³-hybridized carbons (Fsp3) is 0.105. The van der Waals surface area contributed by atoms with Gasteiger partial charge in [-0.1, -0.05) is 35.3 Å². The van der Waals surface area contributed by atoms with Crippen molar-refractivity contribution in [1.29, 1.82) is 0 Å². The van der Waals surface area contributed by atoms with Crippen molar-refractivity contribution in [3.8, 4) is 5.75 Å². The summed E-state index contributed by atoms with van der Waals surface area (Å²) in [7, 11) is 0. The summed E-state index contributed by atoms with van der Waals surface area (Å²) < 4.78 is 5.36. The minimum absolute atomic E-state index is 0.168. The van der Waals surface area contributed by atoms with Gasteiger partial charge in [0.1, 0.15) is 11.5 Å². The van der Waals surface area contributed by atoms with Crippen molar-refractivity contribution in [2.24, 2.45) is 0 Å². The summed E-state index contributed by atoms with van der Waals surface area (Å²) in [6, 6.07) is 14.7. The lowest BCUT2D eigenvalue weighted by Crippen LogP contribution is -2.34. The molecule has 0 aliphatic carbocycles. The molecular formula is C19H16Cl2N2O3. The highest BCUT2D eigenvalue weighted by Crippen LogP contribution is 2.26. The van der Waals surface area contributed by atoms with Crippen molar-refractivity contribution >= 4 is 34.9 Å². The Labute approximate surface area is 160 Å². The quantitative estimate of drug-likeness (QED) is 0.601. The summed E-state index contributed by atoms with van der Waals surface area (Å²) in [4.78, 5) is 14.4. The molecule has 7 heteroatoms. The number of rotatable bonds is 5. The molecule has 3 rings (SSSR count). The van der Waals surface area contributed by atoms with Crippen molar-refractivity contribution in [1.82, 2.24) is 4.90 Å². The van der Waals surface area contributed by atoms with Gasteiger partial charge in [-0.15, -0.1) is 0 Å². The third-order valence-electron chi connectivity index (χ3n) is 3.69. The number of anilines is 1. The number of benzene rings is 2. The number of urea groups is 1. The first kappa shape index (κ1) is 18.2. The molecule has 0 aliphatic rings. The van der Waals surface area contributed by atoms with Crippen molar-refractivity contribution in [2.45, 2.75) is 13.1 Å². The molecule has 0 unspecified atom stereocenters. The molecule has 0 saturated heterocycles. The summed E-state index contributed by atoms with van der Waals surface area (Å²) in [5.74, 6) is 0.817. The molecule has 1 aromatic heterocycles. The molecule has 2 amide bonds. The van der Waals surface area contributed by atoms with E-state index in [2.05, 4.69) is 5.32 Å². The molecule has 26 heavy (non-hydrogen) atoms. The second kappa shape index (κ2) is 8.17. The van der Waals surface area contributed by atoms with Crippen molar-refractivity contribution in [2.75, 3.05) is 5.32 Å². The number of carbonyl (C=O) groups is 1. The Hall–Kier alpha value is -2.63. The van der Waals surface area contributed by atoms with E-state index in [1.807, 2.05) is 0 Å². The van der Waals surface area contributed by atoms with Crippen molar-refractivity contribution in [3.63, 3.8) is 0 Å². The molecule has 0 atom stereocenters. The van der Waals surface area contributed by atoms with Crippen LogP contribution in [0.2, 0.25) is 10.0 Å². The molecule has 0 aliphatic heterocycles. The third-order valence-corrected chi connectivity index (χ3v) is 4.26. The van der Waals surface area contributed by atoms with E-state index in [0.29, 0.717) is 28.0 Å². The number of hydrogen-bond acceptors (Lipinski definition) is 3. The van der Waals surface area contributed by atoms with Crippen LogP contribution < -0.4 is 5.32 Å². The zero-order valence-corrected chi connectivity index (χ0v) is 15.2. The van der Waals surface area contributed by atoms with Gasteiger partial charge in [0.05, 0.1) is 23.5 Å². The van der Waals surface area contributed by atoms with Crippen molar-refractivity contribution in [3.05, 3.63) is 82.2 Å². The number of furan rings is 1. The Morgan fingerprint density at radius 2 is 1.85 bits per heavy atom. The van der Waals surface area contributed by atoms with E-state index in [0.717, 1.165) is 5.56 Å². The number of nitrogens with zero attached hydrogens (tertiary/aromatic N) is 1. The van der Waals surface area contributed by atoms with Crippen LogP contribution >= 0.6 is 23.2 Å². The lowest BCUT2D eigenvalue weighted by Gasteiger charge is -2.23. The summed E-state index contributed by atoms with van der Waals surface area (Å²) in [5, 5.41) is 13.1. The largest absolute Gasteiger partial charge is 0.508 e. The number of amides is 2. The number of phenolic OH excluding ortho intramolecular Hbond substituents is 1. The van der Waals surface area contributed by atoms with Gasteiger partial charge in [0.2, 0.25) is 0 Å². The standard InChI is InChI=1S/C19H16Cl2N2O3/c20-14-5-8-17(21)18(10-14)22-19(25)23(12-16-2-1-9-26-16)11-13-3-6-15(24)7-4-13/h1-10,24H,11-12H2,(H,22,25). The molecule has 2 N–H and O–H groups in total. The Kier molecular flexibility index (Phi) is 5.71. The van der Waals surface area contributed by atoms with Gasteiger partial charge in [0.15, 0.2) is 0 Å². The van der Waals surface area contributed by atoms with Crippen LogP contribution in [0.3, 0.4) is 0 Å². The first-order chi connectivity index (χ1) is 12.5. The SMILES string of the molecule is O=C(Nc1cc(Cl)ccc1Cl)N(Cc1ccc(O)cc1)Cc1ccco1. The maximum absolute atomic E-state index is 12.8. The van der Waals surface area contributed by atoms with E-state index in [1.54, 1.807) is 65.8 Å². The minimum Gasteiger partial charge on any atom is -0.508 e. The van der Waals surface area contributed by atoms with E-state index in [-0.39, 0.29) is 18.3 Å². The van der Waals surface area contributed by atoms with Gasteiger partial charge in [0, 0.05) is 11.6 Å². The molecule has 5 nitrogen and oxygen atoms in total. The summed E-state index contributed by atoms with van der Waals surface area (Å²) in [6.07, 6.45) is 1.56. The van der Waals surface area contributed by atoms with Gasteiger partial charge in [-0.05, 0) is 48.0 Å². The number of hydrogen-bond donors (Lipinski definition) is 2. The average molecular weight is 391 g/mol. The van der Waals surface area contributed by atoms with Crippen LogP contribution in [0, 0.1) is 0 Å². The highest BCUT2D eigenvalue weighted by atomic mass is 35.5. The Balaban J connectivity index is 1.80. The molecule has 134 valence electrons. The molecule has 3 aromatic rings. The van der Waals surface area contributed by atoms with Gasteiger partial charge < -0.3 is 19.7 Å². The number of aromatic hydroxyl groups is 1. The van der Waals surface area contributed by atoms with E-state index >= 15 is 0 Å². The topological polar surface area (TPSA) is 65.7 Å². The van der Waals surface area contributed by atoms with E-state index in [1.165, 1.54) is 0 Å². The fourth-order valence-electron chi connectivity index (χ4n) is 2.40.